The van der Waals surface area contributed by atoms with Crippen molar-refractivity contribution in [3.05, 3.63) is 0 Å². The summed E-state index contributed by atoms with van der Waals surface area (Å²) in [6, 6.07) is 0. The summed E-state index contributed by atoms with van der Waals surface area (Å²) in [6.07, 6.45) is 0.858. The summed E-state index contributed by atoms with van der Waals surface area (Å²) in [5, 5.41) is 34.1. The highest BCUT2D eigenvalue weighted by Crippen LogP contribution is 2.42. The van der Waals surface area contributed by atoms with Crippen LogP contribution in [0.2, 0.25) is 0 Å². The number of carboxylic acids is 4. The fourth-order valence-corrected chi connectivity index (χ4v) is 3.04. The van der Waals surface area contributed by atoms with Crippen molar-refractivity contribution < 1.29 is 39.6 Å². The average molecular weight is 389 g/mol. The molecule has 1 fully saturated rings. The molecular formula is C18H31NO8. The van der Waals surface area contributed by atoms with Crippen molar-refractivity contribution in [2.75, 3.05) is 13.6 Å². The van der Waals surface area contributed by atoms with Crippen LogP contribution in [0.5, 0.6) is 0 Å². The molecule has 9 nitrogen and oxygen atoms in total. The molecular weight excluding hydrogens is 358 g/mol. The second kappa shape index (κ2) is 9.68. The molecule has 2 atom stereocenters. The molecule has 0 aliphatic carbocycles. The summed E-state index contributed by atoms with van der Waals surface area (Å²) < 4.78 is 0. The van der Waals surface area contributed by atoms with Crippen LogP contribution in [0.25, 0.3) is 0 Å². The first-order chi connectivity index (χ1) is 12.1. The minimum atomic E-state index is -1.76. The van der Waals surface area contributed by atoms with Crippen LogP contribution in [0.15, 0.2) is 0 Å². The van der Waals surface area contributed by atoms with E-state index >= 15 is 0 Å². The second-order valence-electron chi connectivity index (χ2n) is 8.05. The molecule has 156 valence electrons. The van der Waals surface area contributed by atoms with Gasteiger partial charge in [-0.1, -0.05) is 13.8 Å². The van der Waals surface area contributed by atoms with E-state index < -0.39 is 48.6 Å². The van der Waals surface area contributed by atoms with Gasteiger partial charge in [0.05, 0.1) is 24.7 Å². The predicted molar refractivity (Wildman–Crippen MR) is 96.5 cm³/mol. The van der Waals surface area contributed by atoms with Gasteiger partial charge in [0.25, 0.3) is 0 Å². The largest absolute Gasteiger partial charge is 0.481 e. The molecule has 1 aliphatic rings. The molecule has 0 aromatic carbocycles. The highest BCUT2D eigenvalue weighted by atomic mass is 16.4. The summed E-state index contributed by atoms with van der Waals surface area (Å²) in [5.74, 6) is -9.79. The molecule has 9 heteroatoms. The molecule has 0 amide bonds. The van der Waals surface area contributed by atoms with Crippen LogP contribution < -0.4 is 0 Å². The molecule has 1 heterocycles. The SMILES string of the molecule is CN1CCCC(C)(C)C1(C)C.O=C(O)CC(C(=O)O)C(CC(=O)O)C(=O)O. The Morgan fingerprint density at radius 2 is 1.22 bits per heavy atom. The van der Waals surface area contributed by atoms with Crippen molar-refractivity contribution >= 4 is 23.9 Å². The third-order valence-corrected chi connectivity index (χ3v) is 5.81. The molecule has 27 heavy (non-hydrogen) atoms. The lowest BCUT2D eigenvalue weighted by Crippen LogP contribution is -2.55. The van der Waals surface area contributed by atoms with E-state index in [4.69, 9.17) is 20.4 Å². The Morgan fingerprint density at radius 1 is 0.852 bits per heavy atom. The standard InChI is InChI=1S/C10H21N.C8H10O8/c1-9(2)7-6-8-11(5)10(9,3)4;9-5(10)1-3(7(13)14)4(8(15)16)2-6(11)12/h6-8H2,1-5H3;3-4H,1-2H2,(H,9,10)(H,11,12)(H,13,14)(H,15,16). The van der Waals surface area contributed by atoms with Crippen LogP contribution in [-0.4, -0.2) is 68.3 Å². The zero-order chi connectivity index (χ0) is 21.6. The third-order valence-electron chi connectivity index (χ3n) is 5.81. The fourth-order valence-electron chi connectivity index (χ4n) is 3.04. The van der Waals surface area contributed by atoms with E-state index in [9.17, 15) is 19.2 Å². The normalized spacial score (nSPS) is 20.5. The number of carbonyl (C=O) groups is 4. The number of piperidine rings is 1. The van der Waals surface area contributed by atoms with Crippen molar-refractivity contribution in [3.8, 4) is 0 Å². The zero-order valence-corrected chi connectivity index (χ0v) is 16.6. The van der Waals surface area contributed by atoms with Gasteiger partial charge < -0.3 is 25.3 Å². The summed E-state index contributed by atoms with van der Waals surface area (Å²) in [7, 11) is 2.24. The Kier molecular flexibility index (Phi) is 8.91. The molecule has 0 bridgehead atoms. The molecule has 1 saturated heterocycles. The van der Waals surface area contributed by atoms with E-state index in [0.29, 0.717) is 11.0 Å². The monoisotopic (exact) mass is 389 g/mol. The quantitative estimate of drug-likeness (QED) is 0.511. The van der Waals surface area contributed by atoms with Crippen LogP contribution in [-0.2, 0) is 19.2 Å². The smallest absolute Gasteiger partial charge is 0.307 e. The third kappa shape index (κ3) is 7.16. The molecule has 0 aromatic rings. The van der Waals surface area contributed by atoms with E-state index in [1.165, 1.54) is 19.4 Å². The molecule has 0 saturated carbocycles. The van der Waals surface area contributed by atoms with Crippen LogP contribution in [0.3, 0.4) is 0 Å². The topological polar surface area (TPSA) is 152 Å². The first kappa shape index (κ1) is 24.8. The van der Waals surface area contributed by atoms with E-state index in [2.05, 4.69) is 39.6 Å². The van der Waals surface area contributed by atoms with Gasteiger partial charge in [-0.2, -0.15) is 0 Å². The summed E-state index contributed by atoms with van der Waals surface area (Å²) in [5.41, 5.74) is 0.839. The second-order valence-corrected chi connectivity index (χ2v) is 8.05. The zero-order valence-electron chi connectivity index (χ0n) is 16.6. The van der Waals surface area contributed by atoms with E-state index in [0.717, 1.165) is 0 Å². The Morgan fingerprint density at radius 3 is 1.44 bits per heavy atom. The van der Waals surface area contributed by atoms with Crippen molar-refractivity contribution in [3.63, 3.8) is 0 Å². The lowest BCUT2D eigenvalue weighted by atomic mass is 9.68. The molecule has 1 rings (SSSR count). The maximum absolute atomic E-state index is 10.6. The van der Waals surface area contributed by atoms with Gasteiger partial charge >= 0.3 is 23.9 Å². The number of carboxylic acid groups (broad SMARTS) is 4. The Balaban J connectivity index is 0.000000533. The van der Waals surface area contributed by atoms with Gasteiger partial charge in [0.1, 0.15) is 0 Å². The highest BCUT2D eigenvalue weighted by molar-refractivity contribution is 5.86. The minimum Gasteiger partial charge on any atom is -0.481 e. The van der Waals surface area contributed by atoms with Crippen LogP contribution in [0, 0.1) is 17.3 Å². The Hall–Kier alpha value is -2.16. The number of nitrogens with zero attached hydrogens (tertiary/aromatic N) is 1. The van der Waals surface area contributed by atoms with E-state index in [-0.39, 0.29) is 0 Å². The van der Waals surface area contributed by atoms with Crippen LogP contribution in [0.1, 0.15) is 53.4 Å². The average Bonchev–Trinajstić information content (AvgIpc) is 2.48. The van der Waals surface area contributed by atoms with Gasteiger partial charge in [-0.3, -0.25) is 19.2 Å². The fraction of sp³-hybridized carbons (Fsp3) is 0.778. The summed E-state index contributed by atoms with van der Waals surface area (Å²) >= 11 is 0. The molecule has 0 aromatic heterocycles. The Labute approximate surface area is 159 Å². The lowest BCUT2D eigenvalue weighted by molar-refractivity contribution is -0.160. The molecule has 0 radical (unpaired) electrons. The minimum absolute atomic E-state index is 0.366. The van der Waals surface area contributed by atoms with Crippen molar-refractivity contribution in [1.29, 1.82) is 0 Å². The van der Waals surface area contributed by atoms with Crippen LogP contribution >= 0.6 is 0 Å². The number of likely N-dealkylation sites (tertiary alicyclic amines) is 1. The molecule has 4 N–H and O–H groups in total. The first-order valence-corrected chi connectivity index (χ1v) is 8.74. The lowest BCUT2D eigenvalue weighted by Gasteiger charge is -2.52. The van der Waals surface area contributed by atoms with Gasteiger partial charge in [-0.05, 0) is 45.7 Å². The van der Waals surface area contributed by atoms with E-state index in [1.54, 1.807) is 0 Å². The van der Waals surface area contributed by atoms with Gasteiger partial charge in [-0.15, -0.1) is 0 Å². The maximum atomic E-state index is 10.6. The summed E-state index contributed by atoms with van der Waals surface area (Å²) in [6.45, 7) is 10.7. The first-order valence-electron chi connectivity index (χ1n) is 8.74. The van der Waals surface area contributed by atoms with Gasteiger partial charge in [0, 0.05) is 5.54 Å². The Bertz CT molecular complexity index is 538. The van der Waals surface area contributed by atoms with Crippen LogP contribution in [0.4, 0.5) is 0 Å². The van der Waals surface area contributed by atoms with Gasteiger partial charge in [0.2, 0.25) is 0 Å². The van der Waals surface area contributed by atoms with E-state index in [1.807, 2.05) is 0 Å². The molecule has 1 aliphatic heterocycles. The number of hydrogen-bond donors (Lipinski definition) is 4. The van der Waals surface area contributed by atoms with Crippen molar-refractivity contribution in [2.45, 2.75) is 58.9 Å². The van der Waals surface area contributed by atoms with Gasteiger partial charge in [0.15, 0.2) is 0 Å². The van der Waals surface area contributed by atoms with Crippen molar-refractivity contribution in [2.24, 2.45) is 17.3 Å². The number of hydrogen-bond acceptors (Lipinski definition) is 5. The number of aliphatic carboxylic acids is 4. The maximum Gasteiger partial charge on any atom is 0.307 e. The molecule has 2 unspecified atom stereocenters. The van der Waals surface area contributed by atoms with Crippen molar-refractivity contribution in [1.82, 2.24) is 4.90 Å². The predicted octanol–water partition coefficient (Wildman–Crippen LogP) is 1.85. The number of rotatable bonds is 7. The molecule has 0 spiro atoms. The summed E-state index contributed by atoms with van der Waals surface area (Å²) in [4.78, 5) is 44.4. The highest BCUT2D eigenvalue weighted by Gasteiger charge is 2.42. The van der Waals surface area contributed by atoms with Gasteiger partial charge in [-0.25, -0.2) is 0 Å².